The van der Waals surface area contributed by atoms with Crippen LogP contribution in [0.3, 0.4) is 0 Å². The van der Waals surface area contributed by atoms with Crippen LogP contribution >= 0.6 is 0 Å². The minimum absolute atomic E-state index is 0.208. The largest absolute Gasteiger partial charge is 0.340 e. The van der Waals surface area contributed by atoms with Gasteiger partial charge in [-0.3, -0.25) is 9.59 Å². The predicted octanol–water partition coefficient (Wildman–Crippen LogP) is 2.43. The molecule has 6 nitrogen and oxygen atoms in total. The zero-order chi connectivity index (χ0) is 14.8. The van der Waals surface area contributed by atoms with Gasteiger partial charge in [-0.1, -0.05) is 0 Å². The van der Waals surface area contributed by atoms with Crippen LogP contribution in [-0.2, 0) is 4.79 Å². The van der Waals surface area contributed by atoms with E-state index >= 15 is 0 Å². The normalized spacial score (nSPS) is 13.8. The number of aromatic nitrogens is 2. The third-order valence-electron chi connectivity index (χ3n) is 3.30. The molecule has 0 spiro atoms. The van der Waals surface area contributed by atoms with Gasteiger partial charge in [0.15, 0.2) is 5.82 Å². The molecule has 1 fully saturated rings. The first-order chi connectivity index (χ1) is 10.1. The van der Waals surface area contributed by atoms with Crippen LogP contribution in [0.15, 0.2) is 36.7 Å². The molecule has 2 N–H and O–H groups in total. The molecule has 2 aromatic heterocycles. The van der Waals surface area contributed by atoms with Gasteiger partial charge in [0, 0.05) is 25.4 Å². The number of nitrogens with one attached hydrogen (secondary N) is 2. The lowest BCUT2D eigenvalue weighted by molar-refractivity contribution is -0.114. The van der Waals surface area contributed by atoms with Crippen molar-refractivity contribution in [2.75, 3.05) is 10.6 Å². The molecule has 6 heteroatoms. The Kier molecular flexibility index (Phi) is 3.43. The Hall–Kier alpha value is -2.63. The fourth-order valence-corrected chi connectivity index (χ4v) is 2.22. The van der Waals surface area contributed by atoms with Gasteiger partial charge in [-0.2, -0.15) is 0 Å². The van der Waals surface area contributed by atoms with E-state index in [-0.39, 0.29) is 11.8 Å². The van der Waals surface area contributed by atoms with E-state index in [0.29, 0.717) is 23.2 Å². The smallest absolute Gasteiger partial charge is 0.273 e. The molecule has 0 unspecified atom stereocenters. The molecule has 1 aliphatic carbocycles. The molecule has 3 rings (SSSR count). The Balaban J connectivity index is 1.81. The standard InChI is InChI=1S/C15H16N4O2/c1-10(20)17-12-4-2-8-16-14(12)18-15(21)13-5-3-9-19(13)11-6-7-11/h2-5,8-9,11H,6-7H2,1H3,(H,17,20)(H,16,18,21). The van der Waals surface area contributed by atoms with E-state index in [0.717, 1.165) is 12.8 Å². The fourth-order valence-electron chi connectivity index (χ4n) is 2.22. The first kappa shape index (κ1) is 13.4. The molecule has 21 heavy (non-hydrogen) atoms. The Morgan fingerprint density at radius 2 is 2.05 bits per heavy atom. The maximum atomic E-state index is 12.4. The third-order valence-corrected chi connectivity index (χ3v) is 3.30. The van der Waals surface area contributed by atoms with Crippen molar-refractivity contribution in [3.63, 3.8) is 0 Å². The van der Waals surface area contributed by atoms with Crippen LogP contribution < -0.4 is 10.6 Å². The summed E-state index contributed by atoms with van der Waals surface area (Å²) in [5, 5.41) is 5.41. The zero-order valence-corrected chi connectivity index (χ0v) is 11.7. The van der Waals surface area contributed by atoms with Crippen LogP contribution in [0.5, 0.6) is 0 Å². The highest BCUT2D eigenvalue weighted by Crippen LogP contribution is 2.36. The summed E-state index contributed by atoms with van der Waals surface area (Å²) in [7, 11) is 0. The van der Waals surface area contributed by atoms with Gasteiger partial charge in [-0.05, 0) is 37.1 Å². The van der Waals surface area contributed by atoms with Gasteiger partial charge in [0.05, 0.1) is 5.69 Å². The first-order valence-electron chi connectivity index (χ1n) is 6.86. The van der Waals surface area contributed by atoms with E-state index in [1.165, 1.54) is 6.92 Å². The molecule has 2 aromatic rings. The number of carbonyl (C=O) groups is 2. The Bertz CT molecular complexity index is 688. The van der Waals surface area contributed by atoms with Crippen LogP contribution in [-0.4, -0.2) is 21.4 Å². The van der Waals surface area contributed by atoms with Crippen LogP contribution in [0.2, 0.25) is 0 Å². The molecular formula is C15H16N4O2. The van der Waals surface area contributed by atoms with Crippen LogP contribution in [0.25, 0.3) is 0 Å². The second-order valence-electron chi connectivity index (χ2n) is 5.07. The Morgan fingerprint density at radius 1 is 1.24 bits per heavy atom. The summed E-state index contributed by atoms with van der Waals surface area (Å²) < 4.78 is 1.98. The minimum atomic E-state index is -0.225. The van der Waals surface area contributed by atoms with Gasteiger partial charge in [0.1, 0.15) is 5.69 Å². The lowest BCUT2D eigenvalue weighted by Crippen LogP contribution is -2.19. The van der Waals surface area contributed by atoms with Crippen LogP contribution in [0.4, 0.5) is 11.5 Å². The van der Waals surface area contributed by atoms with Gasteiger partial charge >= 0.3 is 0 Å². The summed E-state index contributed by atoms with van der Waals surface area (Å²) in [6, 6.07) is 7.48. The maximum absolute atomic E-state index is 12.4. The van der Waals surface area contributed by atoms with E-state index in [1.54, 1.807) is 24.4 Å². The quantitative estimate of drug-likeness (QED) is 0.905. The zero-order valence-electron chi connectivity index (χ0n) is 11.7. The average Bonchev–Trinajstić information content (AvgIpc) is 3.17. The number of hydrogen-bond acceptors (Lipinski definition) is 3. The topological polar surface area (TPSA) is 76.0 Å². The molecule has 0 atom stereocenters. The van der Waals surface area contributed by atoms with Gasteiger partial charge in [0.25, 0.3) is 5.91 Å². The third kappa shape index (κ3) is 2.94. The summed E-state index contributed by atoms with van der Waals surface area (Å²) in [5.74, 6) is -0.0849. The molecule has 108 valence electrons. The number of rotatable bonds is 4. The summed E-state index contributed by atoms with van der Waals surface area (Å²) in [6.45, 7) is 1.41. The number of pyridine rings is 1. The minimum Gasteiger partial charge on any atom is -0.340 e. The van der Waals surface area contributed by atoms with Gasteiger partial charge in [-0.25, -0.2) is 4.98 Å². The molecule has 0 saturated heterocycles. The van der Waals surface area contributed by atoms with Crippen molar-refractivity contribution in [3.05, 3.63) is 42.4 Å². The van der Waals surface area contributed by atoms with Crippen molar-refractivity contribution in [1.82, 2.24) is 9.55 Å². The number of anilines is 2. The maximum Gasteiger partial charge on any atom is 0.273 e. The molecule has 1 saturated carbocycles. The lowest BCUT2D eigenvalue weighted by Gasteiger charge is -2.11. The molecular weight excluding hydrogens is 268 g/mol. The Labute approximate surface area is 122 Å². The van der Waals surface area contributed by atoms with Crippen LogP contribution in [0, 0.1) is 0 Å². The molecule has 1 aliphatic rings. The first-order valence-corrected chi connectivity index (χ1v) is 6.86. The fraction of sp³-hybridized carbons (Fsp3) is 0.267. The van der Waals surface area contributed by atoms with Gasteiger partial charge in [0.2, 0.25) is 5.91 Å². The van der Waals surface area contributed by atoms with E-state index in [2.05, 4.69) is 15.6 Å². The SMILES string of the molecule is CC(=O)Nc1cccnc1NC(=O)c1cccn1C1CC1. The van der Waals surface area contributed by atoms with Crippen molar-refractivity contribution in [1.29, 1.82) is 0 Å². The van der Waals surface area contributed by atoms with E-state index in [9.17, 15) is 9.59 Å². The number of carbonyl (C=O) groups excluding carboxylic acids is 2. The molecule has 2 heterocycles. The van der Waals surface area contributed by atoms with Gasteiger partial charge < -0.3 is 15.2 Å². The van der Waals surface area contributed by atoms with Gasteiger partial charge in [-0.15, -0.1) is 0 Å². The molecule has 2 amide bonds. The van der Waals surface area contributed by atoms with Crippen molar-refractivity contribution in [2.45, 2.75) is 25.8 Å². The second-order valence-corrected chi connectivity index (χ2v) is 5.07. The number of hydrogen-bond donors (Lipinski definition) is 2. The molecule has 0 radical (unpaired) electrons. The van der Waals surface area contributed by atoms with E-state index in [4.69, 9.17) is 0 Å². The summed E-state index contributed by atoms with van der Waals surface area (Å²) in [4.78, 5) is 27.7. The highest BCUT2D eigenvalue weighted by molar-refractivity contribution is 6.05. The number of amides is 2. The van der Waals surface area contributed by atoms with E-state index < -0.39 is 0 Å². The second kappa shape index (κ2) is 5.40. The highest BCUT2D eigenvalue weighted by atomic mass is 16.2. The Morgan fingerprint density at radius 3 is 2.76 bits per heavy atom. The average molecular weight is 284 g/mol. The summed E-state index contributed by atoms with van der Waals surface area (Å²) >= 11 is 0. The molecule has 0 aromatic carbocycles. The molecule has 0 aliphatic heterocycles. The van der Waals surface area contributed by atoms with Crippen molar-refractivity contribution in [2.24, 2.45) is 0 Å². The van der Waals surface area contributed by atoms with Crippen molar-refractivity contribution in [3.8, 4) is 0 Å². The lowest BCUT2D eigenvalue weighted by atomic mass is 10.3. The highest BCUT2D eigenvalue weighted by Gasteiger charge is 2.27. The van der Waals surface area contributed by atoms with Crippen LogP contribution in [0.1, 0.15) is 36.3 Å². The predicted molar refractivity (Wildman–Crippen MR) is 79.2 cm³/mol. The van der Waals surface area contributed by atoms with E-state index in [1.807, 2.05) is 16.8 Å². The number of nitrogens with zero attached hydrogens (tertiary/aromatic N) is 2. The summed E-state index contributed by atoms with van der Waals surface area (Å²) in [5.41, 5.74) is 1.10. The monoisotopic (exact) mass is 284 g/mol. The van der Waals surface area contributed by atoms with Crippen molar-refractivity contribution < 1.29 is 9.59 Å². The summed E-state index contributed by atoms with van der Waals surface area (Å²) in [6.07, 6.45) is 5.70. The van der Waals surface area contributed by atoms with Crippen molar-refractivity contribution >= 4 is 23.3 Å². The molecule has 0 bridgehead atoms.